The lowest BCUT2D eigenvalue weighted by molar-refractivity contribution is 0.102. The van der Waals surface area contributed by atoms with E-state index in [-0.39, 0.29) is 6.23 Å². The number of hydrogen-bond acceptors (Lipinski definition) is 3. The zero-order valence-corrected chi connectivity index (χ0v) is 12.6. The van der Waals surface area contributed by atoms with Gasteiger partial charge in [0.05, 0.1) is 5.52 Å². The molecule has 0 N–H and O–H groups in total. The molecule has 1 aromatic heterocycles. The van der Waals surface area contributed by atoms with E-state index in [1.54, 1.807) is 0 Å². The second-order valence-electron chi connectivity index (χ2n) is 5.50. The number of fused-ring (bicyclic) bond motifs is 1. The molecule has 5 heteroatoms. The van der Waals surface area contributed by atoms with Crippen LogP contribution in [0.15, 0.2) is 24.3 Å². The zero-order chi connectivity index (χ0) is 13.2. The van der Waals surface area contributed by atoms with Crippen molar-refractivity contribution in [3.05, 3.63) is 24.3 Å². The van der Waals surface area contributed by atoms with E-state index in [2.05, 4.69) is 36.9 Å². The minimum Gasteiger partial charge on any atom is -0.396 e. The predicted octanol–water partition coefficient (Wildman–Crippen LogP) is 3.58. The topological polar surface area (TPSA) is 39.9 Å². The molecular weight excluding hydrogens is 242 g/mol. The first kappa shape index (κ1) is 13.2. The Balaban J connectivity index is 2.35. The van der Waals surface area contributed by atoms with Crippen LogP contribution in [-0.2, 0) is 4.43 Å². The molecule has 0 amide bonds. The summed E-state index contributed by atoms with van der Waals surface area (Å²) in [6.45, 7) is 8.78. The number of rotatable bonds is 5. The molecule has 0 bridgehead atoms. The fraction of sp³-hybridized carbons (Fsp3) is 0.538. The Morgan fingerprint density at radius 3 is 2.67 bits per heavy atom. The molecule has 0 saturated carbocycles. The highest BCUT2D eigenvalue weighted by Gasteiger charge is 2.23. The van der Waals surface area contributed by atoms with Crippen molar-refractivity contribution in [2.75, 3.05) is 0 Å². The van der Waals surface area contributed by atoms with E-state index >= 15 is 0 Å². The van der Waals surface area contributed by atoms with Crippen LogP contribution in [-0.4, -0.2) is 23.3 Å². The van der Waals surface area contributed by atoms with E-state index in [9.17, 15) is 0 Å². The van der Waals surface area contributed by atoms with Crippen molar-refractivity contribution in [1.82, 2.24) is 15.0 Å². The van der Waals surface area contributed by atoms with Crippen molar-refractivity contribution in [3.63, 3.8) is 0 Å². The molecule has 2 rings (SSSR count). The normalized spacial score (nSPS) is 14.0. The summed E-state index contributed by atoms with van der Waals surface area (Å²) in [5.41, 5.74) is 1.98. The molecule has 0 aliphatic heterocycles. The van der Waals surface area contributed by atoms with Crippen LogP contribution in [0.3, 0.4) is 0 Å². The Bertz CT molecular complexity index is 518. The first-order valence-electron chi connectivity index (χ1n) is 6.49. The van der Waals surface area contributed by atoms with Gasteiger partial charge >= 0.3 is 0 Å². The molecule has 2 aromatic rings. The average molecular weight is 263 g/mol. The zero-order valence-electron chi connectivity index (χ0n) is 11.6. The lowest BCUT2D eigenvalue weighted by Gasteiger charge is -2.26. The van der Waals surface area contributed by atoms with Gasteiger partial charge in [-0.25, -0.2) is 4.68 Å². The summed E-state index contributed by atoms with van der Waals surface area (Å²) in [6.07, 6.45) is 2.05. The van der Waals surface area contributed by atoms with E-state index < -0.39 is 8.32 Å². The summed E-state index contributed by atoms with van der Waals surface area (Å²) in [7, 11) is -1.59. The summed E-state index contributed by atoms with van der Waals surface area (Å²) in [4.78, 5) is 0. The molecule has 0 spiro atoms. The molecule has 98 valence electrons. The third-order valence-corrected chi connectivity index (χ3v) is 3.65. The van der Waals surface area contributed by atoms with Gasteiger partial charge in [-0.15, -0.1) is 5.10 Å². The molecule has 4 nitrogen and oxygen atoms in total. The summed E-state index contributed by atoms with van der Waals surface area (Å²) in [6, 6.07) is 8.02. The van der Waals surface area contributed by atoms with E-state index in [4.69, 9.17) is 4.43 Å². The second kappa shape index (κ2) is 5.20. The first-order valence-corrected chi connectivity index (χ1v) is 9.90. The van der Waals surface area contributed by atoms with Gasteiger partial charge in [0.25, 0.3) is 0 Å². The third-order valence-electron chi connectivity index (χ3n) is 2.68. The van der Waals surface area contributed by atoms with Crippen LogP contribution in [0.25, 0.3) is 11.0 Å². The Morgan fingerprint density at radius 2 is 2.00 bits per heavy atom. The van der Waals surface area contributed by atoms with Crippen LogP contribution in [0.5, 0.6) is 0 Å². The predicted molar refractivity (Wildman–Crippen MR) is 75.9 cm³/mol. The molecule has 0 saturated heterocycles. The standard InChI is InChI=1S/C13H21N3OSi/c1-5-8-13(17-18(2,3)4)16-12-10-7-6-9-11(12)14-15-16/h6-7,9-10,13H,5,8H2,1-4H3. The largest absolute Gasteiger partial charge is 0.396 e. The Morgan fingerprint density at radius 1 is 1.28 bits per heavy atom. The minimum absolute atomic E-state index is 0.00840. The van der Waals surface area contributed by atoms with Crippen LogP contribution in [0.1, 0.15) is 26.0 Å². The van der Waals surface area contributed by atoms with Crippen molar-refractivity contribution in [2.45, 2.75) is 45.6 Å². The molecule has 1 atom stereocenters. The van der Waals surface area contributed by atoms with E-state index in [0.717, 1.165) is 23.9 Å². The summed E-state index contributed by atoms with van der Waals surface area (Å²) in [5, 5.41) is 8.46. The number of para-hydroxylation sites is 1. The molecule has 0 aliphatic rings. The van der Waals surface area contributed by atoms with Gasteiger partial charge in [0.2, 0.25) is 0 Å². The minimum atomic E-state index is -1.59. The van der Waals surface area contributed by atoms with E-state index in [1.165, 1.54) is 0 Å². The van der Waals surface area contributed by atoms with Gasteiger partial charge in [0.15, 0.2) is 8.32 Å². The highest BCUT2D eigenvalue weighted by atomic mass is 28.4. The molecule has 1 unspecified atom stereocenters. The Kier molecular flexibility index (Phi) is 3.82. The van der Waals surface area contributed by atoms with Crippen molar-refractivity contribution >= 4 is 19.4 Å². The van der Waals surface area contributed by atoms with Crippen LogP contribution in [0.2, 0.25) is 19.6 Å². The van der Waals surface area contributed by atoms with Crippen LogP contribution >= 0.6 is 0 Å². The van der Waals surface area contributed by atoms with E-state index in [0.29, 0.717) is 0 Å². The van der Waals surface area contributed by atoms with Crippen LogP contribution in [0.4, 0.5) is 0 Å². The van der Waals surface area contributed by atoms with Gasteiger partial charge in [0, 0.05) is 0 Å². The molecule has 0 radical (unpaired) electrons. The van der Waals surface area contributed by atoms with Gasteiger partial charge in [0.1, 0.15) is 11.7 Å². The van der Waals surface area contributed by atoms with Gasteiger partial charge in [-0.3, -0.25) is 0 Å². The maximum atomic E-state index is 6.23. The number of nitrogens with zero attached hydrogens (tertiary/aromatic N) is 3. The quantitative estimate of drug-likeness (QED) is 0.774. The molecule has 1 aromatic carbocycles. The number of benzene rings is 1. The van der Waals surface area contributed by atoms with Gasteiger partial charge in [-0.05, 0) is 38.2 Å². The Labute approximate surface area is 109 Å². The summed E-state index contributed by atoms with van der Waals surface area (Å²) >= 11 is 0. The molecule has 0 aliphatic carbocycles. The summed E-state index contributed by atoms with van der Waals surface area (Å²) in [5.74, 6) is 0. The maximum absolute atomic E-state index is 6.23. The number of aromatic nitrogens is 3. The molecule has 1 heterocycles. The van der Waals surface area contributed by atoms with Crippen molar-refractivity contribution < 1.29 is 4.43 Å². The Hall–Kier alpha value is -1.20. The average Bonchev–Trinajstić information content (AvgIpc) is 2.70. The SMILES string of the molecule is CCCC(O[Si](C)(C)C)n1nnc2ccccc21. The fourth-order valence-corrected chi connectivity index (χ4v) is 3.02. The van der Waals surface area contributed by atoms with E-state index in [1.807, 2.05) is 28.9 Å². The maximum Gasteiger partial charge on any atom is 0.186 e. The van der Waals surface area contributed by atoms with Crippen molar-refractivity contribution in [1.29, 1.82) is 0 Å². The second-order valence-corrected chi connectivity index (χ2v) is 9.96. The fourth-order valence-electron chi connectivity index (χ4n) is 1.99. The molecule has 0 fully saturated rings. The number of hydrogen-bond donors (Lipinski definition) is 0. The smallest absolute Gasteiger partial charge is 0.186 e. The van der Waals surface area contributed by atoms with Crippen LogP contribution < -0.4 is 0 Å². The lowest BCUT2D eigenvalue weighted by atomic mass is 10.3. The summed E-state index contributed by atoms with van der Waals surface area (Å²) < 4.78 is 8.16. The highest BCUT2D eigenvalue weighted by molar-refractivity contribution is 6.69. The van der Waals surface area contributed by atoms with Crippen LogP contribution in [0, 0.1) is 0 Å². The van der Waals surface area contributed by atoms with Gasteiger partial charge in [-0.1, -0.05) is 30.7 Å². The molecular formula is C13H21N3OSi. The van der Waals surface area contributed by atoms with Crippen molar-refractivity contribution in [3.8, 4) is 0 Å². The first-order chi connectivity index (χ1) is 8.51. The van der Waals surface area contributed by atoms with Crippen molar-refractivity contribution in [2.24, 2.45) is 0 Å². The molecule has 18 heavy (non-hydrogen) atoms. The van der Waals surface area contributed by atoms with Gasteiger partial charge < -0.3 is 4.43 Å². The highest BCUT2D eigenvalue weighted by Crippen LogP contribution is 2.24. The third kappa shape index (κ3) is 2.97. The lowest BCUT2D eigenvalue weighted by Crippen LogP contribution is -2.31. The van der Waals surface area contributed by atoms with Gasteiger partial charge in [-0.2, -0.15) is 0 Å². The monoisotopic (exact) mass is 263 g/mol.